The molecule has 0 radical (unpaired) electrons. The molecule has 4 heteroatoms. The summed E-state index contributed by atoms with van der Waals surface area (Å²) >= 11 is 0. The SMILES string of the molecule is C=C(N=NC(C)C)c1ccc(C(C)=NN=C(C)c2ccccc2)cc1. The first kappa shape index (κ1) is 18.5. The Labute approximate surface area is 149 Å². The van der Waals surface area contributed by atoms with Crippen molar-refractivity contribution in [3.8, 4) is 0 Å². The van der Waals surface area contributed by atoms with Crippen molar-refractivity contribution in [1.29, 1.82) is 0 Å². The first-order valence-corrected chi connectivity index (χ1v) is 8.32. The van der Waals surface area contributed by atoms with Crippen LogP contribution in [0.4, 0.5) is 0 Å². The molecule has 0 saturated carbocycles. The summed E-state index contributed by atoms with van der Waals surface area (Å²) in [6, 6.07) is 18.1. The molecule has 0 aromatic heterocycles. The standard InChI is InChI=1S/C21H24N4/c1-15(2)22-23-17(4)20-11-13-21(14-12-20)18(5)25-24-16(3)19-9-7-6-8-10-19/h6-15H,4H2,1-3,5H3. The Hall–Kier alpha value is -2.88. The molecule has 0 saturated heterocycles. The number of hydrogen-bond acceptors (Lipinski definition) is 4. The van der Waals surface area contributed by atoms with Gasteiger partial charge in [0.1, 0.15) is 0 Å². The Morgan fingerprint density at radius 2 is 1.24 bits per heavy atom. The highest BCUT2D eigenvalue weighted by molar-refractivity contribution is 6.01. The molecule has 0 spiro atoms. The molecule has 2 aromatic carbocycles. The Morgan fingerprint density at radius 1 is 0.760 bits per heavy atom. The normalized spacial score (nSPS) is 12.8. The highest BCUT2D eigenvalue weighted by atomic mass is 15.2. The fourth-order valence-electron chi connectivity index (χ4n) is 2.09. The molecule has 0 unspecified atom stereocenters. The zero-order chi connectivity index (χ0) is 18.2. The first-order valence-electron chi connectivity index (χ1n) is 8.32. The molecule has 0 bridgehead atoms. The lowest BCUT2D eigenvalue weighted by Gasteiger charge is -2.03. The van der Waals surface area contributed by atoms with Crippen LogP contribution in [0, 0.1) is 0 Å². The molecule has 2 aromatic rings. The van der Waals surface area contributed by atoms with E-state index in [2.05, 4.69) is 27.0 Å². The molecule has 128 valence electrons. The van der Waals surface area contributed by atoms with Crippen LogP contribution < -0.4 is 0 Å². The first-order chi connectivity index (χ1) is 12.0. The Kier molecular flexibility index (Phi) is 6.52. The molecule has 0 heterocycles. The molecule has 0 aliphatic carbocycles. The highest BCUT2D eigenvalue weighted by Gasteiger charge is 2.02. The molecule has 0 atom stereocenters. The lowest BCUT2D eigenvalue weighted by Crippen LogP contribution is -1.97. The van der Waals surface area contributed by atoms with Crippen LogP contribution in [0.5, 0.6) is 0 Å². The van der Waals surface area contributed by atoms with Crippen LogP contribution in [0.3, 0.4) is 0 Å². The van der Waals surface area contributed by atoms with E-state index in [9.17, 15) is 0 Å². The van der Waals surface area contributed by atoms with Crippen LogP contribution in [0.25, 0.3) is 5.70 Å². The summed E-state index contributed by atoms with van der Waals surface area (Å²) in [4.78, 5) is 0. The summed E-state index contributed by atoms with van der Waals surface area (Å²) in [5.41, 5.74) is 5.44. The molecule has 25 heavy (non-hydrogen) atoms. The van der Waals surface area contributed by atoms with Gasteiger partial charge in [-0.05, 0) is 38.8 Å². The summed E-state index contributed by atoms with van der Waals surface area (Å²) in [7, 11) is 0. The average molecular weight is 332 g/mol. The van der Waals surface area contributed by atoms with E-state index in [0.717, 1.165) is 28.1 Å². The third kappa shape index (κ3) is 5.60. The smallest absolute Gasteiger partial charge is 0.0853 e. The van der Waals surface area contributed by atoms with Crippen LogP contribution in [0.1, 0.15) is 44.4 Å². The van der Waals surface area contributed by atoms with Gasteiger partial charge in [-0.15, -0.1) is 0 Å². The summed E-state index contributed by atoms with van der Waals surface area (Å²) in [6.07, 6.45) is 0. The van der Waals surface area contributed by atoms with Crippen molar-refractivity contribution in [1.82, 2.24) is 0 Å². The predicted molar refractivity (Wildman–Crippen MR) is 106 cm³/mol. The van der Waals surface area contributed by atoms with Crippen molar-refractivity contribution >= 4 is 17.1 Å². The van der Waals surface area contributed by atoms with Gasteiger partial charge < -0.3 is 0 Å². The van der Waals surface area contributed by atoms with Gasteiger partial charge in [0.2, 0.25) is 0 Å². The maximum Gasteiger partial charge on any atom is 0.0853 e. The van der Waals surface area contributed by atoms with Crippen molar-refractivity contribution < 1.29 is 0 Å². The number of rotatable bonds is 6. The fourth-order valence-corrected chi connectivity index (χ4v) is 2.09. The van der Waals surface area contributed by atoms with Gasteiger partial charge in [-0.1, -0.05) is 61.2 Å². The average Bonchev–Trinajstić information content (AvgIpc) is 2.64. The second kappa shape index (κ2) is 8.83. The third-order valence-corrected chi connectivity index (χ3v) is 3.59. The van der Waals surface area contributed by atoms with Crippen molar-refractivity contribution in [2.75, 3.05) is 0 Å². The van der Waals surface area contributed by atoms with Crippen LogP contribution in [0.15, 0.2) is 81.6 Å². The number of hydrogen-bond donors (Lipinski definition) is 0. The van der Waals surface area contributed by atoms with E-state index in [1.807, 2.05) is 82.3 Å². The van der Waals surface area contributed by atoms with Crippen molar-refractivity contribution in [2.24, 2.45) is 20.4 Å². The van der Waals surface area contributed by atoms with E-state index >= 15 is 0 Å². The fraction of sp³-hybridized carbons (Fsp3) is 0.238. The summed E-state index contributed by atoms with van der Waals surface area (Å²) in [5, 5.41) is 16.9. The van der Waals surface area contributed by atoms with E-state index in [0.29, 0.717) is 5.70 Å². The topological polar surface area (TPSA) is 49.4 Å². The molecule has 0 aliphatic heterocycles. The van der Waals surface area contributed by atoms with E-state index in [1.54, 1.807) is 0 Å². The summed E-state index contributed by atoms with van der Waals surface area (Å²) in [6.45, 7) is 11.8. The molecule has 4 nitrogen and oxygen atoms in total. The van der Waals surface area contributed by atoms with Gasteiger partial charge in [-0.2, -0.15) is 20.4 Å². The second-order valence-electron chi connectivity index (χ2n) is 6.07. The Balaban J connectivity index is 2.12. The minimum atomic E-state index is 0.163. The lowest BCUT2D eigenvalue weighted by molar-refractivity contribution is 0.781. The predicted octanol–water partition coefficient (Wildman–Crippen LogP) is 5.75. The molecule has 0 amide bonds. The Morgan fingerprint density at radius 3 is 1.76 bits per heavy atom. The van der Waals surface area contributed by atoms with Crippen LogP contribution in [0.2, 0.25) is 0 Å². The monoisotopic (exact) mass is 332 g/mol. The van der Waals surface area contributed by atoms with Gasteiger partial charge >= 0.3 is 0 Å². The van der Waals surface area contributed by atoms with Gasteiger partial charge in [0, 0.05) is 5.56 Å². The summed E-state index contributed by atoms with van der Waals surface area (Å²) in [5.74, 6) is 0. The van der Waals surface area contributed by atoms with Gasteiger partial charge in [0.15, 0.2) is 0 Å². The largest absolute Gasteiger partial charge is 0.186 e. The molecular formula is C21H24N4. The van der Waals surface area contributed by atoms with E-state index in [4.69, 9.17) is 0 Å². The molecule has 2 rings (SSSR count). The summed E-state index contributed by atoms with van der Waals surface area (Å²) < 4.78 is 0. The van der Waals surface area contributed by atoms with Crippen LogP contribution in [-0.4, -0.2) is 17.5 Å². The molecule has 0 aliphatic rings. The van der Waals surface area contributed by atoms with Gasteiger partial charge in [-0.25, -0.2) is 0 Å². The minimum absolute atomic E-state index is 0.163. The maximum atomic E-state index is 4.34. The van der Waals surface area contributed by atoms with Crippen LogP contribution >= 0.6 is 0 Å². The van der Waals surface area contributed by atoms with E-state index < -0.39 is 0 Å². The van der Waals surface area contributed by atoms with Crippen molar-refractivity contribution in [2.45, 2.75) is 33.7 Å². The number of benzene rings is 2. The zero-order valence-corrected chi connectivity index (χ0v) is 15.3. The lowest BCUT2D eigenvalue weighted by atomic mass is 10.1. The van der Waals surface area contributed by atoms with Crippen molar-refractivity contribution in [3.63, 3.8) is 0 Å². The van der Waals surface area contributed by atoms with Gasteiger partial charge in [0.25, 0.3) is 0 Å². The van der Waals surface area contributed by atoms with Crippen molar-refractivity contribution in [3.05, 3.63) is 77.9 Å². The van der Waals surface area contributed by atoms with E-state index in [1.165, 1.54) is 0 Å². The number of azo groups is 1. The zero-order valence-electron chi connectivity index (χ0n) is 15.3. The highest BCUT2D eigenvalue weighted by Crippen LogP contribution is 2.16. The quantitative estimate of drug-likeness (QED) is 0.367. The molecule has 0 N–H and O–H groups in total. The van der Waals surface area contributed by atoms with E-state index in [-0.39, 0.29) is 6.04 Å². The van der Waals surface area contributed by atoms with Gasteiger partial charge in [-0.3, -0.25) is 0 Å². The third-order valence-electron chi connectivity index (χ3n) is 3.59. The molecular weight excluding hydrogens is 308 g/mol. The second-order valence-corrected chi connectivity index (χ2v) is 6.07. The maximum absolute atomic E-state index is 4.34. The number of nitrogens with zero attached hydrogens (tertiary/aromatic N) is 4. The Bertz CT molecular complexity index is 798. The minimum Gasteiger partial charge on any atom is -0.186 e. The van der Waals surface area contributed by atoms with Gasteiger partial charge in [0.05, 0.1) is 23.2 Å². The van der Waals surface area contributed by atoms with Crippen LogP contribution in [-0.2, 0) is 0 Å². The molecule has 0 fully saturated rings.